The van der Waals surface area contributed by atoms with Crippen molar-refractivity contribution >= 4 is 17.2 Å². The number of rotatable bonds is 7. The zero-order valence-electron chi connectivity index (χ0n) is 15.4. The van der Waals surface area contributed by atoms with Gasteiger partial charge in [-0.05, 0) is 24.6 Å². The molecule has 144 valence electrons. The van der Waals surface area contributed by atoms with Crippen molar-refractivity contribution in [2.75, 3.05) is 11.9 Å². The van der Waals surface area contributed by atoms with E-state index in [-0.39, 0.29) is 36.8 Å². The molecule has 7 heteroatoms. The lowest BCUT2D eigenvalue weighted by Gasteiger charge is -2.16. The highest BCUT2D eigenvalue weighted by Gasteiger charge is 2.22. The third-order valence-corrected chi connectivity index (χ3v) is 4.27. The Morgan fingerprint density at radius 2 is 1.75 bits per heavy atom. The molecule has 0 saturated heterocycles. The molecule has 0 bridgehead atoms. The van der Waals surface area contributed by atoms with Crippen molar-refractivity contribution in [1.82, 2.24) is 9.78 Å². The van der Waals surface area contributed by atoms with E-state index in [1.165, 1.54) is 6.92 Å². The molecule has 0 amide bonds. The van der Waals surface area contributed by atoms with Gasteiger partial charge in [-0.3, -0.25) is 9.59 Å². The molecule has 0 aliphatic carbocycles. The third-order valence-electron chi connectivity index (χ3n) is 4.27. The monoisotopic (exact) mass is 379 g/mol. The maximum absolute atomic E-state index is 12.9. The molecule has 0 atom stereocenters. The van der Waals surface area contributed by atoms with Gasteiger partial charge in [0.25, 0.3) is 5.56 Å². The number of Topliss-reactive ketones (excluding diaryl/α,β-unsaturated/α-hetero) is 1. The SMILES string of the molecule is CC(=O)c1c(-c2ccccc2)nn(CCO)c(=O)c1Nc1ccc(CO)cc1. The number of anilines is 2. The highest BCUT2D eigenvalue weighted by Crippen LogP contribution is 2.27. The van der Waals surface area contributed by atoms with E-state index in [1.54, 1.807) is 24.3 Å². The Labute approximate surface area is 161 Å². The van der Waals surface area contributed by atoms with Crippen molar-refractivity contribution in [3.8, 4) is 11.3 Å². The second kappa shape index (κ2) is 8.60. The third kappa shape index (κ3) is 4.00. The molecule has 0 aliphatic rings. The topological polar surface area (TPSA) is 104 Å². The number of hydrogen-bond acceptors (Lipinski definition) is 6. The van der Waals surface area contributed by atoms with Crippen LogP contribution in [-0.2, 0) is 13.2 Å². The molecule has 3 N–H and O–H groups in total. The van der Waals surface area contributed by atoms with Crippen molar-refractivity contribution < 1.29 is 15.0 Å². The van der Waals surface area contributed by atoms with Gasteiger partial charge in [0.1, 0.15) is 11.4 Å². The minimum absolute atomic E-state index is 0.00891. The number of carbonyl (C=O) groups excluding carboxylic acids is 1. The van der Waals surface area contributed by atoms with Crippen LogP contribution in [0, 0.1) is 0 Å². The van der Waals surface area contributed by atoms with Gasteiger partial charge in [0.05, 0.1) is 25.3 Å². The number of nitrogens with one attached hydrogen (secondary N) is 1. The van der Waals surface area contributed by atoms with Crippen molar-refractivity contribution in [1.29, 1.82) is 0 Å². The number of nitrogens with zero attached hydrogens (tertiary/aromatic N) is 2. The standard InChI is InChI=1S/C21H21N3O4/c1-14(27)18-19(16-5-3-2-4-6-16)23-24(11-12-25)21(28)20(18)22-17-9-7-15(13-26)8-10-17/h2-10,22,25-26H,11-13H2,1H3. The average Bonchev–Trinajstić information content (AvgIpc) is 2.71. The van der Waals surface area contributed by atoms with Crippen LogP contribution >= 0.6 is 0 Å². The number of carbonyl (C=O) groups is 1. The second-order valence-electron chi connectivity index (χ2n) is 6.25. The summed E-state index contributed by atoms with van der Waals surface area (Å²) in [4.78, 5) is 25.4. The number of ketones is 1. The molecular weight excluding hydrogens is 358 g/mol. The average molecular weight is 379 g/mol. The minimum atomic E-state index is -0.495. The summed E-state index contributed by atoms with van der Waals surface area (Å²) in [6.45, 7) is 1.05. The molecule has 1 heterocycles. The van der Waals surface area contributed by atoms with Gasteiger partial charge in [-0.15, -0.1) is 0 Å². The minimum Gasteiger partial charge on any atom is -0.394 e. The Kier molecular flexibility index (Phi) is 5.98. The van der Waals surface area contributed by atoms with Gasteiger partial charge >= 0.3 is 0 Å². The zero-order chi connectivity index (χ0) is 20.1. The van der Waals surface area contributed by atoms with Gasteiger partial charge in [0.2, 0.25) is 0 Å². The summed E-state index contributed by atoms with van der Waals surface area (Å²) in [7, 11) is 0. The Morgan fingerprint density at radius 3 is 2.32 bits per heavy atom. The van der Waals surface area contributed by atoms with Crippen LogP contribution in [-0.4, -0.2) is 32.4 Å². The maximum Gasteiger partial charge on any atom is 0.291 e. The smallest absolute Gasteiger partial charge is 0.291 e. The van der Waals surface area contributed by atoms with Gasteiger partial charge in [-0.1, -0.05) is 42.5 Å². The van der Waals surface area contributed by atoms with E-state index in [4.69, 9.17) is 0 Å². The molecule has 7 nitrogen and oxygen atoms in total. The molecule has 3 aromatic rings. The fourth-order valence-electron chi connectivity index (χ4n) is 2.91. The maximum atomic E-state index is 12.9. The van der Waals surface area contributed by atoms with Gasteiger partial charge in [-0.25, -0.2) is 4.68 Å². The molecule has 1 aromatic heterocycles. The highest BCUT2D eigenvalue weighted by molar-refractivity contribution is 6.05. The number of aliphatic hydroxyl groups excluding tert-OH is 2. The van der Waals surface area contributed by atoms with Crippen LogP contribution < -0.4 is 10.9 Å². The number of aliphatic hydroxyl groups is 2. The second-order valence-corrected chi connectivity index (χ2v) is 6.25. The number of hydrogen-bond donors (Lipinski definition) is 3. The molecular formula is C21H21N3O4. The Bertz CT molecular complexity index is 1030. The summed E-state index contributed by atoms with van der Waals surface area (Å²) in [6.07, 6.45) is 0. The Morgan fingerprint density at radius 1 is 1.07 bits per heavy atom. The van der Waals surface area contributed by atoms with Crippen molar-refractivity contribution in [2.45, 2.75) is 20.1 Å². The predicted molar refractivity (Wildman–Crippen MR) is 107 cm³/mol. The molecule has 2 aromatic carbocycles. The van der Waals surface area contributed by atoms with E-state index in [9.17, 15) is 19.8 Å². The molecule has 0 spiro atoms. The van der Waals surface area contributed by atoms with Crippen LogP contribution in [0.1, 0.15) is 22.8 Å². The van der Waals surface area contributed by atoms with Crippen molar-refractivity contribution in [3.05, 3.63) is 76.1 Å². The van der Waals surface area contributed by atoms with Crippen LogP contribution in [0.2, 0.25) is 0 Å². The van der Waals surface area contributed by atoms with E-state index < -0.39 is 5.56 Å². The first-order valence-corrected chi connectivity index (χ1v) is 8.84. The summed E-state index contributed by atoms with van der Waals surface area (Å²) in [5.41, 5.74) is 2.19. The van der Waals surface area contributed by atoms with Gasteiger partial charge in [-0.2, -0.15) is 5.10 Å². The summed E-state index contributed by atoms with van der Waals surface area (Å²) in [5.74, 6) is -0.297. The van der Waals surface area contributed by atoms with Crippen molar-refractivity contribution in [2.24, 2.45) is 0 Å². The van der Waals surface area contributed by atoms with E-state index in [0.29, 0.717) is 16.9 Å². The van der Waals surface area contributed by atoms with E-state index in [1.807, 2.05) is 30.3 Å². The van der Waals surface area contributed by atoms with Crippen LogP contribution in [0.15, 0.2) is 59.4 Å². The van der Waals surface area contributed by atoms with Crippen LogP contribution in [0.25, 0.3) is 11.3 Å². The predicted octanol–water partition coefficient (Wildman–Crippen LogP) is 2.34. The first-order chi connectivity index (χ1) is 13.5. The normalized spacial score (nSPS) is 10.7. The number of aromatic nitrogens is 2. The highest BCUT2D eigenvalue weighted by atomic mass is 16.3. The molecule has 0 unspecified atom stereocenters. The van der Waals surface area contributed by atoms with Gasteiger partial charge in [0.15, 0.2) is 5.78 Å². The number of benzene rings is 2. The lowest BCUT2D eigenvalue weighted by Crippen LogP contribution is -2.29. The lowest BCUT2D eigenvalue weighted by atomic mass is 10.0. The van der Waals surface area contributed by atoms with Gasteiger partial charge < -0.3 is 15.5 Å². The molecule has 0 fully saturated rings. The van der Waals surface area contributed by atoms with E-state index in [0.717, 1.165) is 10.2 Å². The summed E-state index contributed by atoms with van der Waals surface area (Å²) < 4.78 is 1.15. The molecule has 0 saturated carbocycles. The lowest BCUT2D eigenvalue weighted by molar-refractivity contribution is 0.101. The molecule has 0 radical (unpaired) electrons. The van der Waals surface area contributed by atoms with Crippen LogP contribution in [0.3, 0.4) is 0 Å². The van der Waals surface area contributed by atoms with E-state index in [2.05, 4.69) is 10.4 Å². The fraction of sp³-hybridized carbons (Fsp3) is 0.190. The molecule has 28 heavy (non-hydrogen) atoms. The Hall–Kier alpha value is -3.29. The molecule has 0 aliphatic heterocycles. The zero-order valence-corrected chi connectivity index (χ0v) is 15.4. The first-order valence-electron chi connectivity index (χ1n) is 8.84. The summed E-state index contributed by atoms with van der Waals surface area (Å²) >= 11 is 0. The fourth-order valence-corrected chi connectivity index (χ4v) is 2.91. The molecule has 3 rings (SSSR count). The largest absolute Gasteiger partial charge is 0.394 e. The quantitative estimate of drug-likeness (QED) is 0.544. The van der Waals surface area contributed by atoms with Crippen molar-refractivity contribution in [3.63, 3.8) is 0 Å². The van der Waals surface area contributed by atoms with Gasteiger partial charge in [0, 0.05) is 11.3 Å². The van der Waals surface area contributed by atoms with E-state index >= 15 is 0 Å². The van der Waals surface area contributed by atoms with Crippen LogP contribution in [0.4, 0.5) is 11.4 Å². The van der Waals surface area contributed by atoms with Crippen LogP contribution in [0.5, 0.6) is 0 Å². The summed E-state index contributed by atoms with van der Waals surface area (Å²) in [5, 5.41) is 25.9. The first kappa shape index (κ1) is 19.5. The Balaban J connectivity index is 2.21. The summed E-state index contributed by atoms with van der Waals surface area (Å²) in [6, 6.07) is 16.0.